The second kappa shape index (κ2) is 9.35. The fourth-order valence-electron chi connectivity index (χ4n) is 0. The van der Waals surface area contributed by atoms with Crippen molar-refractivity contribution in [1.82, 2.24) is 0 Å². The molecule has 0 aromatic heterocycles. The van der Waals surface area contributed by atoms with E-state index in [-0.39, 0.29) is 14.9 Å². The molecule has 7 heavy (non-hydrogen) atoms. The zero-order valence-electron chi connectivity index (χ0n) is 3.86. The van der Waals surface area contributed by atoms with Gasteiger partial charge in [0.25, 0.3) is 0 Å². The summed E-state index contributed by atoms with van der Waals surface area (Å²) >= 11 is 0. The van der Waals surface area contributed by atoms with Gasteiger partial charge >= 0.3 is 0 Å². The van der Waals surface area contributed by atoms with E-state index < -0.39 is 0 Å². The molecule has 0 saturated heterocycles. The van der Waals surface area contributed by atoms with Crippen molar-refractivity contribution in [3.8, 4) is 0 Å². The summed E-state index contributed by atoms with van der Waals surface area (Å²) in [5.74, 6) is 0. The summed E-state index contributed by atoms with van der Waals surface area (Å²) in [4.78, 5) is 0. The number of hydrogen-bond acceptors (Lipinski definition) is 1. The molecule has 1 atom stereocenters. The first-order valence-corrected chi connectivity index (χ1v) is 2.03. The highest BCUT2D eigenvalue weighted by Gasteiger charge is 1.79. The molecule has 0 amide bonds. The summed E-state index contributed by atoms with van der Waals surface area (Å²) in [6, 6.07) is 0.384. The average Bonchev–Trinajstić information content (AvgIpc) is 1.38. The molecule has 1 unspecified atom stereocenters. The summed E-state index contributed by atoms with van der Waals surface area (Å²) in [6.07, 6.45) is 1.08. The van der Waals surface area contributed by atoms with Crippen molar-refractivity contribution >= 4 is 0 Å². The summed E-state index contributed by atoms with van der Waals surface area (Å²) in [7, 11) is 0. The van der Waals surface area contributed by atoms with Crippen LogP contribution < -0.4 is 5.73 Å². The van der Waals surface area contributed by atoms with E-state index in [9.17, 15) is 0 Å². The van der Waals surface area contributed by atoms with Crippen molar-refractivity contribution < 1.29 is 0 Å². The van der Waals surface area contributed by atoms with Crippen molar-refractivity contribution in [2.24, 2.45) is 5.73 Å². The van der Waals surface area contributed by atoms with Crippen LogP contribution in [0.4, 0.5) is 0 Å². The Kier molecular flexibility index (Phi) is 21.1. The van der Waals surface area contributed by atoms with E-state index in [4.69, 9.17) is 5.73 Å². The predicted molar refractivity (Wildman–Crippen MR) is 37.4 cm³/mol. The van der Waals surface area contributed by atoms with E-state index >= 15 is 0 Å². The van der Waals surface area contributed by atoms with Crippen LogP contribution in [0.2, 0.25) is 0 Å². The third-order valence-corrected chi connectivity index (χ3v) is 0.644. The molecule has 0 heterocycles. The maximum Gasteiger partial charge on any atom is 0.000781 e. The van der Waals surface area contributed by atoms with E-state index in [1.54, 1.807) is 0 Å². The van der Waals surface area contributed by atoms with Gasteiger partial charge < -0.3 is 5.73 Å². The van der Waals surface area contributed by atoms with Gasteiger partial charge in [-0.2, -0.15) is 0 Å². The molecule has 2 N–H and O–H groups in total. The van der Waals surface area contributed by atoms with Gasteiger partial charge in [-0.1, -0.05) is 21.8 Å². The summed E-state index contributed by atoms with van der Waals surface area (Å²) in [5, 5.41) is 0. The minimum absolute atomic E-state index is 0. The minimum atomic E-state index is 0. The van der Waals surface area contributed by atoms with Crippen LogP contribution in [-0.4, -0.2) is 6.04 Å². The van der Waals surface area contributed by atoms with Crippen LogP contribution in [0.25, 0.3) is 0 Å². The lowest BCUT2D eigenvalue weighted by Crippen LogP contribution is -2.11. The van der Waals surface area contributed by atoms with Gasteiger partial charge in [-0.25, -0.2) is 0 Å². The first-order chi connectivity index (χ1) is 2.27. The smallest absolute Gasteiger partial charge is 0.000781 e. The standard InChI is InChI=1S/C4H11N.2CH4/c1-3-4(2)5;;/h4H,3,5H2,1-2H3;2*1H4. The molecule has 0 rings (SSSR count). The lowest BCUT2D eigenvalue weighted by molar-refractivity contribution is 0.715. The molecule has 0 aliphatic rings. The highest BCUT2D eigenvalue weighted by molar-refractivity contribution is 4.43. The highest BCUT2D eigenvalue weighted by atomic mass is 14.6. The van der Waals surface area contributed by atoms with Crippen LogP contribution in [-0.2, 0) is 0 Å². The Morgan fingerprint density at radius 3 is 1.57 bits per heavy atom. The first-order valence-electron chi connectivity index (χ1n) is 2.03. The number of hydrogen-bond donors (Lipinski definition) is 1. The Morgan fingerprint density at radius 1 is 1.43 bits per heavy atom. The summed E-state index contributed by atoms with van der Waals surface area (Å²) < 4.78 is 0. The van der Waals surface area contributed by atoms with Gasteiger partial charge in [0.15, 0.2) is 0 Å². The highest BCUT2D eigenvalue weighted by Crippen LogP contribution is 1.77. The molecule has 0 aromatic rings. The second-order valence-corrected chi connectivity index (χ2v) is 1.39. The monoisotopic (exact) mass is 105 g/mol. The lowest BCUT2D eigenvalue weighted by Gasteiger charge is -1.91. The van der Waals surface area contributed by atoms with Gasteiger partial charge in [0.2, 0.25) is 0 Å². The SMILES string of the molecule is C.C.CCC(C)N. The van der Waals surface area contributed by atoms with Crippen molar-refractivity contribution in [3.63, 3.8) is 0 Å². The number of rotatable bonds is 1. The van der Waals surface area contributed by atoms with Crippen LogP contribution in [0.3, 0.4) is 0 Å². The topological polar surface area (TPSA) is 26.0 Å². The molecular formula is C6H19N. The molecule has 0 aliphatic carbocycles. The quantitative estimate of drug-likeness (QED) is 0.542. The maximum absolute atomic E-state index is 5.29. The molecule has 1 heteroatoms. The van der Waals surface area contributed by atoms with Crippen LogP contribution >= 0.6 is 0 Å². The van der Waals surface area contributed by atoms with Crippen molar-refractivity contribution in [2.45, 2.75) is 41.2 Å². The normalized spacial score (nSPS) is 10.7. The largest absolute Gasteiger partial charge is 0.328 e. The minimum Gasteiger partial charge on any atom is -0.328 e. The molecule has 1 nitrogen and oxygen atoms in total. The molecule has 0 aliphatic heterocycles. The van der Waals surface area contributed by atoms with Gasteiger partial charge in [-0.3, -0.25) is 0 Å². The molecular weight excluding hydrogens is 86.1 g/mol. The average molecular weight is 105 g/mol. The predicted octanol–water partition coefficient (Wildman–Crippen LogP) is 2.02. The van der Waals surface area contributed by atoms with Crippen molar-refractivity contribution in [2.75, 3.05) is 0 Å². The van der Waals surface area contributed by atoms with Crippen molar-refractivity contribution in [3.05, 3.63) is 0 Å². The number of nitrogens with two attached hydrogens (primary N) is 1. The van der Waals surface area contributed by atoms with E-state index in [1.165, 1.54) is 0 Å². The Morgan fingerprint density at radius 2 is 1.57 bits per heavy atom. The molecule has 0 bridgehead atoms. The van der Waals surface area contributed by atoms with Crippen LogP contribution in [0.5, 0.6) is 0 Å². The Hall–Kier alpha value is -0.0400. The Balaban J connectivity index is -0.0000000800. The maximum atomic E-state index is 5.29. The van der Waals surface area contributed by atoms with Gasteiger partial charge in [0.05, 0.1) is 0 Å². The van der Waals surface area contributed by atoms with Crippen molar-refractivity contribution in [1.29, 1.82) is 0 Å². The molecule has 0 aromatic carbocycles. The fourth-order valence-corrected chi connectivity index (χ4v) is 0. The van der Waals surface area contributed by atoms with E-state index in [2.05, 4.69) is 6.92 Å². The first kappa shape index (κ1) is 15.8. The molecule has 0 radical (unpaired) electrons. The second-order valence-electron chi connectivity index (χ2n) is 1.39. The molecule has 0 spiro atoms. The van der Waals surface area contributed by atoms with Crippen LogP contribution in [0, 0.1) is 0 Å². The Bertz CT molecular complexity index is 18.1. The zero-order chi connectivity index (χ0) is 4.28. The Labute approximate surface area is 47.9 Å². The van der Waals surface area contributed by atoms with Crippen LogP contribution in [0.15, 0.2) is 0 Å². The summed E-state index contributed by atoms with van der Waals surface area (Å²) in [5.41, 5.74) is 5.29. The molecule has 0 fully saturated rings. The molecule has 0 saturated carbocycles. The van der Waals surface area contributed by atoms with Crippen LogP contribution in [0.1, 0.15) is 35.1 Å². The molecule has 48 valence electrons. The van der Waals surface area contributed by atoms with E-state index in [0.717, 1.165) is 6.42 Å². The van der Waals surface area contributed by atoms with Gasteiger partial charge in [0, 0.05) is 6.04 Å². The fraction of sp³-hybridized carbons (Fsp3) is 1.00. The third-order valence-electron chi connectivity index (χ3n) is 0.644. The third kappa shape index (κ3) is 24.3. The lowest BCUT2D eigenvalue weighted by atomic mass is 10.3. The van der Waals surface area contributed by atoms with Gasteiger partial charge in [0.1, 0.15) is 0 Å². The van der Waals surface area contributed by atoms with E-state index in [0.29, 0.717) is 6.04 Å². The summed E-state index contributed by atoms with van der Waals surface area (Å²) in [6.45, 7) is 4.07. The zero-order valence-corrected chi connectivity index (χ0v) is 3.86. The van der Waals surface area contributed by atoms with E-state index in [1.807, 2.05) is 6.92 Å². The van der Waals surface area contributed by atoms with Gasteiger partial charge in [-0.15, -0.1) is 0 Å². The van der Waals surface area contributed by atoms with Gasteiger partial charge in [-0.05, 0) is 13.3 Å².